The molecule has 1 amide bonds. The molecule has 0 saturated carbocycles. The van der Waals surface area contributed by atoms with E-state index in [1.165, 1.54) is 0 Å². The Bertz CT molecular complexity index is 1090. The van der Waals surface area contributed by atoms with Crippen molar-refractivity contribution in [3.8, 4) is 11.5 Å². The molecule has 1 atom stereocenters. The molecule has 4 nitrogen and oxygen atoms in total. The van der Waals surface area contributed by atoms with Crippen molar-refractivity contribution in [1.29, 1.82) is 0 Å². The zero-order chi connectivity index (χ0) is 22.3. The maximum absolute atomic E-state index is 13.9. The van der Waals surface area contributed by atoms with Gasteiger partial charge in [0.05, 0.1) is 19.8 Å². The second-order valence-corrected chi connectivity index (χ2v) is 7.45. The normalized spacial score (nSPS) is 11.7. The topological polar surface area (TPSA) is 40.0 Å². The van der Waals surface area contributed by atoms with Gasteiger partial charge in [0.1, 0.15) is 17.2 Å². The molecule has 0 heterocycles. The Morgan fingerprint density at radius 2 is 1.06 bits per heavy atom. The first-order chi connectivity index (χ1) is 15.7. The third-order valence-electron chi connectivity index (χ3n) is 5.55. The molecule has 0 aromatic heterocycles. The summed E-state index contributed by atoms with van der Waals surface area (Å²) in [4.78, 5) is 14.6. The smallest absolute Gasteiger partial charge is 0.350 e. The highest BCUT2D eigenvalue weighted by atomic mass is 16.5. The van der Waals surface area contributed by atoms with E-state index in [9.17, 15) is 4.79 Å². The molecule has 32 heavy (non-hydrogen) atoms. The number of ether oxygens (including phenoxy) is 2. The zero-order valence-corrected chi connectivity index (χ0v) is 18.2. The second kappa shape index (κ2) is 9.94. The van der Waals surface area contributed by atoms with Crippen LogP contribution in [0.15, 0.2) is 109 Å². The summed E-state index contributed by atoms with van der Waals surface area (Å²) < 4.78 is 10.7. The van der Waals surface area contributed by atoms with Crippen LogP contribution in [-0.4, -0.2) is 20.1 Å². The van der Waals surface area contributed by atoms with E-state index < -0.39 is 0 Å². The highest BCUT2D eigenvalue weighted by molar-refractivity contribution is 5.88. The molecule has 0 spiro atoms. The van der Waals surface area contributed by atoms with Crippen LogP contribution in [-0.2, 0) is 0 Å². The van der Waals surface area contributed by atoms with Gasteiger partial charge in [-0.1, -0.05) is 36.4 Å². The molecule has 4 aromatic rings. The Labute approximate surface area is 188 Å². The largest absolute Gasteiger partial charge is 0.497 e. The van der Waals surface area contributed by atoms with E-state index in [-0.39, 0.29) is 11.9 Å². The van der Waals surface area contributed by atoms with Crippen LogP contribution in [0.5, 0.6) is 11.5 Å². The number of rotatable bonds is 7. The van der Waals surface area contributed by atoms with Crippen LogP contribution >= 0.6 is 0 Å². The summed E-state index contributed by atoms with van der Waals surface area (Å²) in [5.74, 6) is 1.56. The van der Waals surface area contributed by atoms with Gasteiger partial charge in [-0.3, -0.25) is 0 Å². The number of methoxy groups -OCH3 is 2. The first-order valence-corrected chi connectivity index (χ1v) is 10.5. The van der Waals surface area contributed by atoms with Crippen molar-refractivity contribution in [1.82, 2.24) is 0 Å². The van der Waals surface area contributed by atoms with Crippen molar-refractivity contribution < 1.29 is 19.2 Å². The summed E-state index contributed by atoms with van der Waals surface area (Å²) in [6.07, 6.45) is 0. The SMILES string of the molecule is COc1ccc(C(c2ccc(OC)cc2)[NH+](C(=O)c2ccccc2)c2ccccc2)cc1. The lowest BCUT2D eigenvalue weighted by Gasteiger charge is -2.27. The molecular weight excluding hydrogens is 398 g/mol. The van der Waals surface area contributed by atoms with Crippen molar-refractivity contribution in [3.05, 3.63) is 126 Å². The van der Waals surface area contributed by atoms with E-state index >= 15 is 0 Å². The fraction of sp³-hybridized carbons (Fsp3) is 0.107. The first kappa shape index (κ1) is 21.3. The van der Waals surface area contributed by atoms with Crippen molar-refractivity contribution in [3.63, 3.8) is 0 Å². The van der Waals surface area contributed by atoms with E-state index in [1.54, 1.807) is 14.2 Å². The third kappa shape index (κ3) is 4.56. The Kier molecular flexibility index (Phi) is 6.63. The molecule has 4 aromatic carbocycles. The molecule has 0 saturated heterocycles. The lowest BCUT2D eigenvalue weighted by atomic mass is 9.95. The Hall–Kier alpha value is -3.89. The number of benzene rings is 4. The van der Waals surface area contributed by atoms with Gasteiger partial charge in [0.15, 0.2) is 6.04 Å². The first-order valence-electron chi connectivity index (χ1n) is 10.5. The highest BCUT2D eigenvalue weighted by Crippen LogP contribution is 2.26. The van der Waals surface area contributed by atoms with Crippen molar-refractivity contribution in [2.45, 2.75) is 6.04 Å². The number of para-hydroxylation sites is 1. The molecule has 4 heteroatoms. The molecule has 0 aliphatic heterocycles. The summed E-state index contributed by atoms with van der Waals surface area (Å²) in [5.41, 5.74) is 3.59. The van der Waals surface area contributed by atoms with Gasteiger partial charge >= 0.3 is 5.91 Å². The molecule has 0 fully saturated rings. The molecule has 1 N–H and O–H groups in total. The predicted molar refractivity (Wildman–Crippen MR) is 126 cm³/mol. The van der Waals surface area contributed by atoms with Gasteiger partial charge in [0.2, 0.25) is 0 Å². The minimum absolute atomic E-state index is 0.00781. The van der Waals surface area contributed by atoms with Gasteiger partial charge in [-0.15, -0.1) is 0 Å². The van der Waals surface area contributed by atoms with E-state index in [2.05, 4.69) is 0 Å². The summed E-state index contributed by atoms with van der Waals surface area (Å²) in [7, 11) is 3.30. The summed E-state index contributed by atoms with van der Waals surface area (Å²) in [6, 6.07) is 34.9. The number of amides is 1. The molecule has 0 aliphatic carbocycles. The molecule has 1 unspecified atom stereocenters. The molecular formula is C28H26NO3+. The summed E-state index contributed by atoms with van der Waals surface area (Å²) in [6.45, 7) is 0. The van der Waals surface area contributed by atoms with Gasteiger partial charge in [-0.05, 0) is 72.8 Å². The fourth-order valence-corrected chi connectivity index (χ4v) is 3.91. The summed E-state index contributed by atoms with van der Waals surface area (Å²) >= 11 is 0. The van der Waals surface area contributed by atoms with Crippen molar-refractivity contribution >= 4 is 11.6 Å². The average Bonchev–Trinajstić information content (AvgIpc) is 2.88. The lowest BCUT2D eigenvalue weighted by molar-refractivity contribution is -0.772. The number of nitrogens with one attached hydrogen (secondary N) is 1. The number of quaternary nitrogens is 1. The van der Waals surface area contributed by atoms with Gasteiger partial charge in [-0.25, -0.2) is 9.69 Å². The van der Waals surface area contributed by atoms with Gasteiger partial charge in [0.25, 0.3) is 0 Å². The molecule has 0 radical (unpaired) electrons. The van der Waals surface area contributed by atoms with E-state index in [0.29, 0.717) is 5.56 Å². The van der Waals surface area contributed by atoms with Crippen LogP contribution in [0.4, 0.5) is 5.69 Å². The van der Waals surface area contributed by atoms with E-state index in [1.807, 2.05) is 109 Å². The Morgan fingerprint density at radius 3 is 1.50 bits per heavy atom. The van der Waals surface area contributed by atoms with E-state index in [4.69, 9.17) is 9.47 Å². The van der Waals surface area contributed by atoms with Crippen LogP contribution < -0.4 is 14.4 Å². The van der Waals surface area contributed by atoms with Crippen LogP contribution in [0.1, 0.15) is 27.5 Å². The quantitative estimate of drug-likeness (QED) is 0.461. The van der Waals surface area contributed by atoms with Crippen LogP contribution in [0.3, 0.4) is 0 Å². The van der Waals surface area contributed by atoms with Crippen molar-refractivity contribution in [2.24, 2.45) is 0 Å². The lowest BCUT2D eigenvalue weighted by Crippen LogP contribution is -3.10. The second-order valence-electron chi connectivity index (χ2n) is 7.45. The molecule has 4 rings (SSSR count). The summed E-state index contributed by atoms with van der Waals surface area (Å²) in [5, 5.41) is 0. The van der Waals surface area contributed by atoms with Gasteiger partial charge < -0.3 is 9.47 Å². The van der Waals surface area contributed by atoms with Gasteiger partial charge in [0, 0.05) is 11.1 Å². The van der Waals surface area contributed by atoms with Gasteiger partial charge in [-0.2, -0.15) is 0 Å². The molecule has 0 bridgehead atoms. The zero-order valence-electron chi connectivity index (χ0n) is 18.2. The molecule has 160 valence electrons. The third-order valence-corrected chi connectivity index (χ3v) is 5.55. The number of carbonyl (C=O) groups excluding carboxylic acids is 1. The average molecular weight is 425 g/mol. The fourth-order valence-electron chi connectivity index (χ4n) is 3.91. The maximum atomic E-state index is 13.9. The monoisotopic (exact) mass is 424 g/mol. The maximum Gasteiger partial charge on any atom is 0.350 e. The minimum atomic E-state index is -0.262. The van der Waals surface area contributed by atoms with Crippen LogP contribution in [0.2, 0.25) is 0 Å². The van der Waals surface area contributed by atoms with E-state index in [0.717, 1.165) is 33.2 Å². The Balaban J connectivity index is 1.89. The number of hydrogen-bond donors (Lipinski definition) is 1. The number of carbonyl (C=O) groups is 1. The minimum Gasteiger partial charge on any atom is -0.497 e. The standard InChI is InChI=1S/C28H25NO3/c1-31-25-17-13-21(14-18-25)27(22-15-19-26(32-2)20-16-22)29(24-11-7-4-8-12-24)28(30)23-9-5-3-6-10-23/h3-20,27H,1-2H3/p+1. The van der Waals surface area contributed by atoms with Crippen molar-refractivity contribution in [2.75, 3.05) is 14.2 Å². The predicted octanol–water partition coefficient (Wildman–Crippen LogP) is 4.85. The molecule has 0 aliphatic rings. The van der Waals surface area contributed by atoms with Crippen LogP contribution in [0, 0.1) is 0 Å². The Morgan fingerprint density at radius 1 is 0.625 bits per heavy atom. The highest BCUT2D eigenvalue weighted by Gasteiger charge is 2.35. The number of hydrogen-bond acceptors (Lipinski definition) is 3. The van der Waals surface area contributed by atoms with Crippen LogP contribution in [0.25, 0.3) is 0 Å².